The van der Waals surface area contributed by atoms with Crippen LogP contribution in [0.3, 0.4) is 0 Å². The first-order valence-corrected chi connectivity index (χ1v) is 6.25. The molecule has 0 aliphatic heterocycles. The standard InChI is InChI=1S/C14H9BrO3/c15-9-4-5-11(17)13-8(9)6-7-2-1-3-10(16)12(7)14(13)18/h1-5,16-17H,6H2. The Labute approximate surface area is 112 Å². The van der Waals surface area contributed by atoms with E-state index in [0.29, 0.717) is 12.0 Å². The number of aromatic hydroxyl groups is 2. The van der Waals surface area contributed by atoms with Crippen molar-refractivity contribution in [2.45, 2.75) is 6.42 Å². The maximum Gasteiger partial charge on any atom is 0.201 e. The SMILES string of the molecule is O=C1c2c(O)cccc2Cc2c(Br)ccc(O)c21. The molecule has 90 valence electrons. The number of carbonyl (C=O) groups excluding carboxylic acids is 1. The van der Waals surface area contributed by atoms with Crippen molar-refractivity contribution < 1.29 is 15.0 Å². The summed E-state index contributed by atoms with van der Waals surface area (Å²) in [6.45, 7) is 0. The summed E-state index contributed by atoms with van der Waals surface area (Å²) in [6.07, 6.45) is 0.514. The minimum Gasteiger partial charge on any atom is -0.507 e. The first-order valence-electron chi connectivity index (χ1n) is 5.45. The molecular weight excluding hydrogens is 296 g/mol. The van der Waals surface area contributed by atoms with Crippen molar-refractivity contribution in [1.82, 2.24) is 0 Å². The lowest BCUT2D eigenvalue weighted by Crippen LogP contribution is -2.16. The average Bonchev–Trinajstić information content (AvgIpc) is 2.34. The molecule has 0 saturated carbocycles. The number of hydrogen-bond acceptors (Lipinski definition) is 3. The summed E-state index contributed by atoms with van der Waals surface area (Å²) in [5.41, 5.74) is 2.11. The second-order valence-electron chi connectivity index (χ2n) is 4.24. The van der Waals surface area contributed by atoms with Crippen LogP contribution in [0.25, 0.3) is 0 Å². The zero-order valence-electron chi connectivity index (χ0n) is 9.27. The fraction of sp³-hybridized carbons (Fsp3) is 0.0714. The van der Waals surface area contributed by atoms with Gasteiger partial charge in [-0.15, -0.1) is 0 Å². The van der Waals surface area contributed by atoms with Gasteiger partial charge in [0, 0.05) is 10.9 Å². The second-order valence-corrected chi connectivity index (χ2v) is 5.09. The Hall–Kier alpha value is -1.81. The number of phenolic OH excluding ortho intramolecular Hbond substituents is 2. The van der Waals surface area contributed by atoms with Crippen molar-refractivity contribution in [2.24, 2.45) is 0 Å². The van der Waals surface area contributed by atoms with Gasteiger partial charge in [-0.25, -0.2) is 0 Å². The van der Waals surface area contributed by atoms with Gasteiger partial charge in [-0.2, -0.15) is 0 Å². The van der Waals surface area contributed by atoms with Crippen molar-refractivity contribution in [3.8, 4) is 11.5 Å². The number of fused-ring (bicyclic) bond motifs is 2. The molecule has 0 aromatic heterocycles. The molecule has 2 N–H and O–H groups in total. The minimum absolute atomic E-state index is 0.0393. The summed E-state index contributed by atoms with van der Waals surface area (Å²) in [4.78, 5) is 12.4. The van der Waals surface area contributed by atoms with E-state index in [1.54, 1.807) is 12.1 Å². The quantitative estimate of drug-likeness (QED) is 0.671. The molecule has 3 nitrogen and oxygen atoms in total. The van der Waals surface area contributed by atoms with Gasteiger partial charge in [0.15, 0.2) is 0 Å². The minimum atomic E-state index is -0.330. The Morgan fingerprint density at radius 2 is 1.72 bits per heavy atom. The molecule has 0 radical (unpaired) electrons. The Morgan fingerprint density at radius 3 is 2.50 bits per heavy atom. The molecule has 0 fully saturated rings. The van der Waals surface area contributed by atoms with E-state index in [-0.39, 0.29) is 22.8 Å². The highest BCUT2D eigenvalue weighted by Gasteiger charge is 2.29. The van der Waals surface area contributed by atoms with Crippen LogP contribution in [-0.4, -0.2) is 16.0 Å². The van der Waals surface area contributed by atoms with Crippen LogP contribution in [0.15, 0.2) is 34.8 Å². The average molecular weight is 305 g/mol. The zero-order valence-corrected chi connectivity index (χ0v) is 10.9. The van der Waals surface area contributed by atoms with Crippen LogP contribution >= 0.6 is 15.9 Å². The lowest BCUT2D eigenvalue weighted by atomic mass is 9.84. The summed E-state index contributed by atoms with van der Waals surface area (Å²) >= 11 is 3.39. The van der Waals surface area contributed by atoms with E-state index < -0.39 is 0 Å². The van der Waals surface area contributed by atoms with E-state index in [4.69, 9.17) is 0 Å². The van der Waals surface area contributed by atoms with Crippen LogP contribution in [0.1, 0.15) is 27.0 Å². The molecule has 0 spiro atoms. The van der Waals surface area contributed by atoms with E-state index in [9.17, 15) is 15.0 Å². The van der Waals surface area contributed by atoms with E-state index in [2.05, 4.69) is 15.9 Å². The summed E-state index contributed by atoms with van der Waals surface area (Å²) in [5, 5.41) is 19.6. The predicted octanol–water partition coefficient (Wildman–Crippen LogP) is 3.00. The van der Waals surface area contributed by atoms with Gasteiger partial charge < -0.3 is 10.2 Å². The maximum absolute atomic E-state index is 12.4. The molecule has 2 aromatic rings. The highest BCUT2D eigenvalue weighted by molar-refractivity contribution is 9.10. The van der Waals surface area contributed by atoms with Gasteiger partial charge in [0.05, 0.1) is 11.1 Å². The first-order chi connectivity index (χ1) is 8.59. The third-order valence-electron chi connectivity index (χ3n) is 3.18. The third-order valence-corrected chi connectivity index (χ3v) is 3.93. The Morgan fingerprint density at radius 1 is 1.00 bits per heavy atom. The monoisotopic (exact) mass is 304 g/mol. The Bertz CT molecular complexity index is 677. The molecule has 0 bridgehead atoms. The molecule has 1 aliphatic carbocycles. The fourth-order valence-electron chi connectivity index (χ4n) is 2.35. The molecular formula is C14H9BrO3. The Kier molecular flexibility index (Phi) is 2.41. The van der Waals surface area contributed by atoms with Crippen LogP contribution < -0.4 is 0 Å². The molecule has 4 heteroatoms. The van der Waals surface area contributed by atoms with Crippen molar-refractivity contribution in [3.05, 3.63) is 57.1 Å². The van der Waals surface area contributed by atoms with Crippen LogP contribution in [-0.2, 0) is 6.42 Å². The van der Waals surface area contributed by atoms with E-state index in [1.807, 2.05) is 6.07 Å². The zero-order chi connectivity index (χ0) is 12.9. The number of halogens is 1. The summed E-state index contributed by atoms with van der Waals surface area (Å²) in [7, 11) is 0. The summed E-state index contributed by atoms with van der Waals surface area (Å²) < 4.78 is 0.789. The molecule has 0 unspecified atom stereocenters. The van der Waals surface area contributed by atoms with Gasteiger partial charge in [-0.05, 0) is 29.3 Å². The summed E-state index contributed by atoms with van der Waals surface area (Å²) in [6, 6.07) is 8.20. The Balaban J connectivity index is 2.32. The number of carbonyl (C=O) groups is 1. The number of ketones is 1. The van der Waals surface area contributed by atoms with Gasteiger partial charge in [0.25, 0.3) is 0 Å². The van der Waals surface area contributed by atoms with Crippen LogP contribution in [0, 0.1) is 0 Å². The van der Waals surface area contributed by atoms with E-state index in [1.165, 1.54) is 12.1 Å². The molecule has 0 amide bonds. The number of phenols is 2. The number of benzene rings is 2. The third kappa shape index (κ3) is 1.46. The fourth-order valence-corrected chi connectivity index (χ4v) is 2.82. The molecule has 0 heterocycles. The molecule has 18 heavy (non-hydrogen) atoms. The van der Waals surface area contributed by atoms with Crippen molar-refractivity contribution >= 4 is 21.7 Å². The van der Waals surface area contributed by atoms with E-state index >= 15 is 0 Å². The van der Waals surface area contributed by atoms with E-state index in [0.717, 1.165) is 15.6 Å². The van der Waals surface area contributed by atoms with Crippen molar-refractivity contribution in [1.29, 1.82) is 0 Å². The molecule has 1 aliphatic rings. The summed E-state index contributed by atoms with van der Waals surface area (Å²) in [5.74, 6) is -0.419. The maximum atomic E-state index is 12.4. The van der Waals surface area contributed by atoms with Crippen LogP contribution in [0.4, 0.5) is 0 Å². The topological polar surface area (TPSA) is 57.5 Å². The highest BCUT2D eigenvalue weighted by atomic mass is 79.9. The molecule has 2 aromatic carbocycles. The van der Waals surface area contributed by atoms with Gasteiger partial charge in [0.1, 0.15) is 11.5 Å². The highest BCUT2D eigenvalue weighted by Crippen LogP contribution is 2.39. The number of rotatable bonds is 0. The molecule has 3 rings (SSSR count). The normalized spacial score (nSPS) is 13.1. The number of hydrogen-bond donors (Lipinski definition) is 2. The van der Waals surface area contributed by atoms with Crippen molar-refractivity contribution in [3.63, 3.8) is 0 Å². The lowest BCUT2D eigenvalue weighted by Gasteiger charge is -2.21. The smallest absolute Gasteiger partial charge is 0.201 e. The van der Waals surface area contributed by atoms with Gasteiger partial charge in [-0.3, -0.25) is 4.79 Å². The second kappa shape index (κ2) is 3.85. The van der Waals surface area contributed by atoms with Crippen LogP contribution in [0.2, 0.25) is 0 Å². The van der Waals surface area contributed by atoms with Gasteiger partial charge in [0.2, 0.25) is 5.78 Å². The predicted molar refractivity (Wildman–Crippen MR) is 70.2 cm³/mol. The van der Waals surface area contributed by atoms with Crippen LogP contribution in [0.5, 0.6) is 11.5 Å². The van der Waals surface area contributed by atoms with Crippen molar-refractivity contribution in [2.75, 3.05) is 0 Å². The lowest BCUT2D eigenvalue weighted by molar-refractivity contribution is 0.102. The molecule has 0 atom stereocenters. The first kappa shape index (κ1) is 11.3. The molecule has 0 saturated heterocycles. The van der Waals surface area contributed by atoms with Gasteiger partial charge >= 0.3 is 0 Å². The largest absolute Gasteiger partial charge is 0.507 e. The van der Waals surface area contributed by atoms with Gasteiger partial charge in [-0.1, -0.05) is 28.1 Å².